The molecule has 21 heavy (non-hydrogen) atoms. The van der Waals surface area contributed by atoms with Gasteiger partial charge >= 0.3 is 0 Å². The highest BCUT2D eigenvalue weighted by Gasteiger charge is 2.22. The van der Waals surface area contributed by atoms with E-state index in [-0.39, 0.29) is 0 Å². The largest absolute Gasteiger partial charge is 0.497 e. The minimum Gasteiger partial charge on any atom is -0.497 e. The van der Waals surface area contributed by atoms with Gasteiger partial charge in [-0.05, 0) is 66.8 Å². The van der Waals surface area contributed by atoms with Crippen LogP contribution in [0.1, 0.15) is 45.2 Å². The van der Waals surface area contributed by atoms with E-state index in [1.807, 2.05) is 0 Å². The van der Waals surface area contributed by atoms with Gasteiger partial charge in [0, 0.05) is 6.04 Å². The fourth-order valence-electron chi connectivity index (χ4n) is 3.58. The average molecular weight is 289 g/mol. The lowest BCUT2D eigenvalue weighted by Crippen LogP contribution is -2.39. The standard InChI is InChI=1S/C19H31NO/c1-13(2)19(14(3)4)12-20-17-8-6-15-7-9-18(21-5)11-16(15)10-17/h7,9,11,13-14,17,19-20H,6,8,10,12H2,1-5H3. The van der Waals surface area contributed by atoms with Crippen LogP contribution in [0.25, 0.3) is 0 Å². The fourth-order valence-corrected chi connectivity index (χ4v) is 3.58. The maximum Gasteiger partial charge on any atom is 0.119 e. The molecule has 1 aromatic rings. The van der Waals surface area contributed by atoms with Crippen molar-refractivity contribution < 1.29 is 4.74 Å². The third-order valence-electron chi connectivity index (χ3n) is 5.00. The topological polar surface area (TPSA) is 21.3 Å². The number of ether oxygens (including phenoxy) is 1. The van der Waals surface area contributed by atoms with E-state index in [2.05, 4.69) is 51.2 Å². The van der Waals surface area contributed by atoms with Crippen LogP contribution in [0.15, 0.2) is 18.2 Å². The van der Waals surface area contributed by atoms with Crippen LogP contribution in [-0.2, 0) is 12.8 Å². The average Bonchev–Trinajstić information content (AvgIpc) is 2.45. The monoisotopic (exact) mass is 289 g/mol. The van der Waals surface area contributed by atoms with Crippen molar-refractivity contribution in [3.63, 3.8) is 0 Å². The molecule has 2 nitrogen and oxygen atoms in total. The van der Waals surface area contributed by atoms with Crippen molar-refractivity contribution in [3.8, 4) is 5.75 Å². The van der Waals surface area contributed by atoms with E-state index in [0.717, 1.165) is 36.5 Å². The van der Waals surface area contributed by atoms with Crippen molar-refractivity contribution in [2.24, 2.45) is 17.8 Å². The summed E-state index contributed by atoms with van der Waals surface area (Å²) in [6, 6.07) is 7.14. The van der Waals surface area contributed by atoms with E-state index in [1.54, 1.807) is 7.11 Å². The normalized spacial score (nSPS) is 18.4. The Balaban J connectivity index is 1.95. The summed E-state index contributed by atoms with van der Waals surface area (Å²) < 4.78 is 5.36. The first-order chi connectivity index (χ1) is 10.0. The highest BCUT2D eigenvalue weighted by atomic mass is 16.5. The molecule has 0 heterocycles. The summed E-state index contributed by atoms with van der Waals surface area (Å²) >= 11 is 0. The number of hydrogen-bond donors (Lipinski definition) is 1. The van der Waals surface area contributed by atoms with E-state index in [0.29, 0.717) is 6.04 Å². The number of hydrogen-bond acceptors (Lipinski definition) is 2. The molecule has 0 aromatic heterocycles. The summed E-state index contributed by atoms with van der Waals surface area (Å²) in [7, 11) is 1.75. The van der Waals surface area contributed by atoms with Crippen LogP contribution in [0.5, 0.6) is 5.75 Å². The second kappa shape index (κ2) is 7.31. The molecule has 1 aromatic carbocycles. The lowest BCUT2D eigenvalue weighted by atomic mass is 9.84. The van der Waals surface area contributed by atoms with Gasteiger partial charge in [0.1, 0.15) is 5.75 Å². The summed E-state index contributed by atoms with van der Waals surface area (Å²) in [6.07, 6.45) is 3.57. The maximum absolute atomic E-state index is 5.36. The number of rotatable bonds is 6. The van der Waals surface area contributed by atoms with Crippen LogP contribution in [0.2, 0.25) is 0 Å². The third kappa shape index (κ3) is 4.23. The van der Waals surface area contributed by atoms with E-state index in [1.165, 1.54) is 24.0 Å². The van der Waals surface area contributed by atoms with Gasteiger partial charge in [-0.1, -0.05) is 33.8 Å². The van der Waals surface area contributed by atoms with Crippen LogP contribution in [0.3, 0.4) is 0 Å². The number of fused-ring (bicyclic) bond motifs is 1. The highest BCUT2D eigenvalue weighted by Crippen LogP contribution is 2.26. The van der Waals surface area contributed by atoms with Gasteiger partial charge in [-0.25, -0.2) is 0 Å². The Bertz CT molecular complexity index is 445. The Kier molecular flexibility index (Phi) is 5.69. The molecule has 0 bridgehead atoms. The molecule has 0 saturated heterocycles. The zero-order valence-corrected chi connectivity index (χ0v) is 14.3. The predicted octanol–water partition coefficient (Wildman–Crippen LogP) is 4.07. The van der Waals surface area contributed by atoms with E-state index in [9.17, 15) is 0 Å². The first-order valence-corrected chi connectivity index (χ1v) is 8.40. The number of nitrogens with one attached hydrogen (secondary N) is 1. The molecule has 1 atom stereocenters. The second-order valence-electron chi connectivity index (χ2n) is 7.13. The molecule has 1 aliphatic carbocycles. The van der Waals surface area contributed by atoms with Gasteiger partial charge in [0.2, 0.25) is 0 Å². The zero-order valence-electron chi connectivity index (χ0n) is 14.3. The quantitative estimate of drug-likeness (QED) is 0.852. The summed E-state index contributed by atoms with van der Waals surface area (Å²) in [5.74, 6) is 3.23. The number of methoxy groups -OCH3 is 1. The minimum absolute atomic E-state index is 0.615. The van der Waals surface area contributed by atoms with E-state index >= 15 is 0 Å². The first-order valence-electron chi connectivity index (χ1n) is 8.40. The molecule has 0 aliphatic heterocycles. The first kappa shape index (κ1) is 16.4. The molecular formula is C19H31NO. The van der Waals surface area contributed by atoms with Crippen LogP contribution in [0, 0.1) is 17.8 Å². The molecule has 0 spiro atoms. The van der Waals surface area contributed by atoms with Gasteiger partial charge in [-0.2, -0.15) is 0 Å². The fraction of sp³-hybridized carbons (Fsp3) is 0.684. The molecular weight excluding hydrogens is 258 g/mol. The van der Waals surface area contributed by atoms with Gasteiger partial charge in [0.05, 0.1) is 7.11 Å². The number of benzene rings is 1. The van der Waals surface area contributed by atoms with Crippen molar-refractivity contribution in [2.75, 3.05) is 13.7 Å². The van der Waals surface area contributed by atoms with Crippen LogP contribution in [-0.4, -0.2) is 19.7 Å². The summed E-state index contributed by atoms with van der Waals surface area (Å²) in [6.45, 7) is 10.5. The lowest BCUT2D eigenvalue weighted by molar-refractivity contribution is 0.260. The third-order valence-corrected chi connectivity index (χ3v) is 5.00. The van der Waals surface area contributed by atoms with Gasteiger partial charge in [-0.15, -0.1) is 0 Å². The summed E-state index contributed by atoms with van der Waals surface area (Å²) in [5.41, 5.74) is 2.96. The van der Waals surface area contributed by atoms with Crippen molar-refractivity contribution in [1.82, 2.24) is 5.32 Å². The molecule has 1 aliphatic rings. The summed E-state index contributed by atoms with van der Waals surface area (Å²) in [4.78, 5) is 0. The van der Waals surface area contributed by atoms with Gasteiger partial charge < -0.3 is 10.1 Å². The molecule has 1 N–H and O–H groups in total. The molecule has 2 rings (SSSR count). The van der Waals surface area contributed by atoms with E-state index < -0.39 is 0 Å². The summed E-state index contributed by atoms with van der Waals surface area (Å²) in [5, 5.41) is 3.82. The highest BCUT2D eigenvalue weighted by molar-refractivity contribution is 5.37. The molecule has 118 valence electrons. The molecule has 0 fully saturated rings. The molecule has 0 radical (unpaired) electrons. The molecule has 2 heteroatoms. The molecule has 1 unspecified atom stereocenters. The van der Waals surface area contributed by atoms with E-state index in [4.69, 9.17) is 4.74 Å². The minimum atomic E-state index is 0.615. The van der Waals surface area contributed by atoms with Crippen LogP contribution >= 0.6 is 0 Å². The van der Waals surface area contributed by atoms with Crippen molar-refractivity contribution in [2.45, 2.75) is 53.0 Å². The lowest BCUT2D eigenvalue weighted by Gasteiger charge is -2.30. The van der Waals surface area contributed by atoms with Crippen molar-refractivity contribution >= 4 is 0 Å². The van der Waals surface area contributed by atoms with Crippen molar-refractivity contribution in [3.05, 3.63) is 29.3 Å². The predicted molar refractivity (Wildman–Crippen MR) is 90.0 cm³/mol. The van der Waals surface area contributed by atoms with Crippen molar-refractivity contribution in [1.29, 1.82) is 0 Å². The van der Waals surface area contributed by atoms with Gasteiger partial charge in [0.25, 0.3) is 0 Å². The van der Waals surface area contributed by atoms with Crippen LogP contribution < -0.4 is 10.1 Å². The molecule has 0 amide bonds. The van der Waals surface area contributed by atoms with Gasteiger partial charge in [0.15, 0.2) is 0 Å². The Morgan fingerprint density at radius 3 is 2.48 bits per heavy atom. The van der Waals surface area contributed by atoms with Crippen LogP contribution in [0.4, 0.5) is 0 Å². The Morgan fingerprint density at radius 1 is 1.14 bits per heavy atom. The SMILES string of the molecule is COc1ccc2c(c1)CC(NCC(C(C)C)C(C)C)CC2. The Morgan fingerprint density at radius 2 is 1.86 bits per heavy atom. The second-order valence-corrected chi connectivity index (χ2v) is 7.13. The zero-order chi connectivity index (χ0) is 15.4. The Labute approximate surface area is 130 Å². The Hall–Kier alpha value is -1.02. The number of aryl methyl sites for hydroxylation is 1. The molecule has 0 saturated carbocycles. The van der Waals surface area contributed by atoms with Gasteiger partial charge in [-0.3, -0.25) is 0 Å². The smallest absolute Gasteiger partial charge is 0.119 e. The maximum atomic E-state index is 5.36.